The summed E-state index contributed by atoms with van der Waals surface area (Å²) in [6, 6.07) is 12.6. The zero-order valence-electron chi connectivity index (χ0n) is 17.9. The summed E-state index contributed by atoms with van der Waals surface area (Å²) in [5, 5.41) is 5.16. The van der Waals surface area contributed by atoms with Gasteiger partial charge in [0.2, 0.25) is 0 Å². The van der Waals surface area contributed by atoms with E-state index in [1.165, 1.54) is 31.2 Å². The summed E-state index contributed by atoms with van der Waals surface area (Å²) in [6.45, 7) is 1.53. The van der Waals surface area contributed by atoms with Crippen molar-refractivity contribution in [3.63, 3.8) is 0 Å². The minimum absolute atomic E-state index is 0.0388. The number of nitrogens with one attached hydrogen (secondary N) is 1. The summed E-state index contributed by atoms with van der Waals surface area (Å²) < 4.78 is 85.0. The Balaban J connectivity index is 2.05. The van der Waals surface area contributed by atoms with E-state index in [4.69, 9.17) is 9.88 Å². The van der Waals surface area contributed by atoms with Crippen molar-refractivity contribution in [1.29, 1.82) is 0 Å². The number of hydrogen-bond acceptors (Lipinski definition) is 5. The summed E-state index contributed by atoms with van der Waals surface area (Å²) in [5.41, 5.74) is 0.585. The van der Waals surface area contributed by atoms with Crippen LogP contribution in [0.1, 0.15) is 23.6 Å². The van der Waals surface area contributed by atoms with Crippen molar-refractivity contribution in [2.75, 3.05) is 10.5 Å². The van der Waals surface area contributed by atoms with Gasteiger partial charge < -0.3 is 4.74 Å². The van der Waals surface area contributed by atoms with E-state index in [1.807, 2.05) is 22.6 Å². The molecule has 3 N–H and O–H groups in total. The fraction of sp³-hybridized carbons (Fsp3) is 0.182. The van der Waals surface area contributed by atoms with Gasteiger partial charge in [-0.2, -0.15) is 8.42 Å². The molecule has 0 aliphatic carbocycles. The van der Waals surface area contributed by atoms with E-state index >= 15 is 0 Å². The maximum absolute atomic E-state index is 14.5. The molecule has 0 atom stereocenters. The molecule has 0 bridgehead atoms. The third-order valence-electron chi connectivity index (χ3n) is 4.74. The summed E-state index contributed by atoms with van der Waals surface area (Å²) in [5.74, 6) is -1.61. The van der Waals surface area contributed by atoms with Crippen LogP contribution in [-0.4, -0.2) is 22.6 Å². The molecule has 0 unspecified atom stereocenters. The van der Waals surface area contributed by atoms with Gasteiger partial charge in [-0.3, -0.25) is 4.72 Å². The van der Waals surface area contributed by atoms with Gasteiger partial charge in [-0.05, 0) is 69.6 Å². The summed E-state index contributed by atoms with van der Waals surface area (Å²) >= 11 is 1.95. The smallest absolute Gasteiger partial charge is 0.296 e. The Bertz CT molecular complexity index is 1430. The molecule has 3 aromatic rings. The van der Waals surface area contributed by atoms with Crippen molar-refractivity contribution >= 4 is 48.3 Å². The Morgan fingerprint density at radius 2 is 1.74 bits per heavy atom. The molecule has 0 saturated heterocycles. The number of anilines is 1. The van der Waals surface area contributed by atoms with Crippen LogP contribution < -0.4 is 14.6 Å². The molecule has 0 radical (unpaired) electrons. The third-order valence-corrected chi connectivity index (χ3v) is 7.55. The first-order valence-corrected chi connectivity index (χ1v) is 14.3. The van der Waals surface area contributed by atoms with Gasteiger partial charge in [0.05, 0.1) is 11.4 Å². The molecule has 0 heterocycles. The number of benzene rings is 3. The van der Waals surface area contributed by atoms with Gasteiger partial charge in [0, 0.05) is 21.8 Å². The van der Waals surface area contributed by atoms with E-state index in [9.17, 15) is 25.6 Å². The fourth-order valence-corrected chi connectivity index (χ4v) is 5.03. The average molecular weight is 622 g/mol. The monoisotopic (exact) mass is 622 g/mol. The van der Waals surface area contributed by atoms with Gasteiger partial charge in [0.1, 0.15) is 17.4 Å². The van der Waals surface area contributed by atoms with E-state index < -0.39 is 31.7 Å². The van der Waals surface area contributed by atoms with E-state index in [0.29, 0.717) is 9.13 Å². The lowest BCUT2D eigenvalue weighted by Gasteiger charge is -2.17. The van der Waals surface area contributed by atoms with E-state index in [1.54, 1.807) is 18.2 Å². The Morgan fingerprint density at radius 3 is 2.38 bits per heavy atom. The number of ether oxygens (including phenoxy) is 1. The lowest BCUT2D eigenvalue weighted by molar-refractivity contribution is 0.477. The maximum Gasteiger partial charge on any atom is 0.296 e. The van der Waals surface area contributed by atoms with Gasteiger partial charge >= 0.3 is 0 Å². The van der Waals surface area contributed by atoms with Crippen molar-refractivity contribution < 1.29 is 30.4 Å². The first-order valence-electron chi connectivity index (χ1n) is 9.89. The number of nitrogens with two attached hydrogens (primary N) is 1. The molecular weight excluding hydrogens is 601 g/mol. The predicted molar refractivity (Wildman–Crippen MR) is 135 cm³/mol. The van der Waals surface area contributed by atoms with Crippen molar-refractivity contribution in [2.45, 2.75) is 19.1 Å². The van der Waals surface area contributed by atoms with Gasteiger partial charge in [-0.1, -0.05) is 25.1 Å². The molecule has 7 nitrogen and oxygen atoms in total. The molecule has 0 aromatic heterocycles. The van der Waals surface area contributed by atoms with Gasteiger partial charge in [-0.25, -0.2) is 22.3 Å². The van der Waals surface area contributed by atoms with Crippen molar-refractivity contribution in [1.82, 2.24) is 0 Å². The molecule has 0 fully saturated rings. The Morgan fingerprint density at radius 1 is 1.00 bits per heavy atom. The molecule has 0 amide bonds. The van der Waals surface area contributed by atoms with Gasteiger partial charge in [-0.15, -0.1) is 0 Å². The Kier molecular flexibility index (Phi) is 8.16. The fourth-order valence-electron chi connectivity index (χ4n) is 3.17. The van der Waals surface area contributed by atoms with Crippen LogP contribution in [0.3, 0.4) is 0 Å². The molecule has 3 rings (SSSR count). The highest BCUT2D eigenvalue weighted by molar-refractivity contribution is 14.1. The maximum atomic E-state index is 14.5. The minimum atomic E-state index is -4.30. The van der Waals surface area contributed by atoms with Crippen LogP contribution in [0.4, 0.5) is 14.5 Å². The molecule has 34 heavy (non-hydrogen) atoms. The first-order chi connectivity index (χ1) is 15.8. The molecule has 0 spiro atoms. The zero-order chi connectivity index (χ0) is 25.1. The molecular formula is C22H21F2IN2O5S2. The highest BCUT2D eigenvalue weighted by Gasteiger charge is 2.19. The van der Waals surface area contributed by atoms with Crippen LogP contribution in [0.25, 0.3) is 0 Å². The minimum Gasteiger partial charge on any atom is -0.455 e. The van der Waals surface area contributed by atoms with Gasteiger partial charge in [0.25, 0.3) is 10.2 Å². The van der Waals surface area contributed by atoms with Crippen molar-refractivity contribution in [3.05, 3.63) is 86.5 Å². The van der Waals surface area contributed by atoms with Crippen LogP contribution in [0.5, 0.6) is 11.5 Å². The van der Waals surface area contributed by atoms with E-state index in [2.05, 4.69) is 4.72 Å². The van der Waals surface area contributed by atoms with Crippen LogP contribution >= 0.6 is 22.6 Å². The van der Waals surface area contributed by atoms with Crippen LogP contribution in [-0.2, 0) is 32.2 Å². The van der Waals surface area contributed by atoms with Crippen molar-refractivity contribution in [2.24, 2.45) is 5.14 Å². The SMILES string of the molecule is CCS(=O)(=O)Cc1cccc(Oc2cc(F)cc(Cc3ccc(I)cc3F)c2NS(N)(=O)=O)c1. The second-order valence-electron chi connectivity index (χ2n) is 7.42. The highest BCUT2D eigenvalue weighted by Crippen LogP contribution is 2.36. The van der Waals surface area contributed by atoms with Crippen LogP contribution in [0.15, 0.2) is 54.6 Å². The molecule has 0 aliphatic rings. The normalized spacial score (nSPS) is 11.9. The standard InChI is InChI=1S/C22H21F2IN2O5S2/c1-2-33(28,29)13-14-4-3-5-19(8-14)32-21-11-17(23)10-16(22(21)27-34(26,30)31)9-15-6-7-18(25)12-20(15)24/h3-8,10-12,27H,2,9,13H2,1H3,(H2,26,30,31). The molecule has 0 aliphatic heterocycles. The first kappa shape index (κ1) is 26.3. The molecule has 182 valence electrons. The average Bonchev–Trinajstić information content (AvgIpc) is 2.71. The highest BCUT2D eigenvalue weighted by atomic mass is 127. The summed E-state index contributed by atoms with van der Waals surface area (Å²) in [4.78, 5) is 0. The van der Waals surface area contributed by atoms with E-state index in [0.717, 1.165) is 12.1 Å². The quantitative estimate of drug-likeness (QED) is 0.341. The molecule has 3 aromatic carbocycles. The Labute approximate surface area is 210 Å². The zero-order valence-corrected chi connectivity index (χ0v) is 21.7. The van der Waals surface area contributed by atoms with E-state index in [-0.39, 0.29) is 46.2 Å². The predicted octanol–water partition coefficient (Wildman–Crippen LogP) is 4.50. The largest absolute Gasteiger partial charge is 0.455 e. The topological polar surface area (TPSA) is 116 Å². The molecule has 0 saturated carbocycles. The second kappa shape index (κ2) is 10.5. The lowest BCUT2D eigenvalue weighted by Crippen LogP contribution is -2.23. The lowest BCUT2D eigenvalue weighted by atomic mass is 10.0. The van der Waals surface area contributed by atoms with Crippen molar-refractivity contribution in [3.8, 4) is 11.5 Å². The van der Waals surface area contributed by atoms with Gasteiger partial charge in [0.15, 0.2) is 15.6 Å². The molecule has 12 heteroatoms. The van der Waals surface area contributed by atoms with Crippen LogP contribution in [0, 0.1) is 15.2 Å². The summed E-state index contributed by atoms with van der Waals surface area (Å²) in [7, 11) is -7.61. The number of hydrogen-bond donors (Lipinski definition) is 2. The van der Waals surface area contributed by atoms with Crippen LogP contribution in [0.2, 0.25) is 0 Å². The third kappa shape index (κ3) is 7.35. The summed E-state index contributed by atoms with van der Waals surface area (Å²) in [6.07, 6.45) is -0.149. The second-order valence-corrected chi connectivity index (χ2v) is 12.3. The number of sulfone groups is 1. The number of rotatable bonds is 9. The number of halogens is 3. The Hall–Kier alpha value is -2.29.